The SMILES string of the molecule is O=C(C=Cc1cccc([N+](=O)[O-])c1)N1CCC2(CC1)OCCO2. The van der Waals surface area contributed by atoms with Crippen LogP contribution in [0.4, 0.5) is 5.69 Å². The third-order valence-corrected chi connectivity index (χ3v) is 4.15. The average molecular weight is 318 g/mol. The summed E-state index contributed by atoms with van der Waals surface area (Å²) in [7, 11) is 0. The third-order valence-electron chi connectivity index (χ3n) is 4.15. The molecule has 0 N–H and O–H groups in total. The van der Waals surface area contributed by atoms with Crippen molar-refractivity contribution in [2.45, 2.75) is 18.6 Å². The van der Waals surface area contributed by atoms with Crippen LogP contribution in [-0.2, 0) is 14.3 Å². The molecule has 7 nitrogen and oxygen atoms in total. The summed E-state index contributed by atoms with van der Waals surface area (Å²) in [4.78, 5) is 24.2. The first kappa shape index (κ1) is 15.6. The van der Waals surface area contributed by atoms with Crippen molar-refractivity contribution in [3.63, 3.8) is 0 Å². The van der Waals surface area contributed by atoms with E-state index in [1.165, 1.54) is 18.2 Å². The van der Waals surface area contributed by atoms with Crippen LogP contribution in [0.5, 0.6) is 0 Å². The van der Waals surface area contributed by atoms with Gasteiger partial charge in [0.1, 0.15) is 0 Å². The highest BCUT2D eigenvalue weighted by Gasteiger charge is 2.40. The first-order valence-electron chi connectivity index (χ1n) is 7.57. The average Bonchev–Trinajstić information content (AvgIpc) is 3.01. The van der Waals surface area contributed by atoms with E-state index in [1.807, 2.05) is 0 Å². The molecular formula is C16H18N2O5. The van der Waals surface area contributed by atoms with Crippen LogP contribution in [0.3, 0.4) is 0 Å². The Morgan fingerprint density at radius 2 is 1.96 bits per heavy atom. The maximum Gasteiger partial charge on any atom is 0.270 e. The number of nitrogens with zero attached hydrogens (tertiary/aromatic N) is 2. The van der Waals surface area contributed by atoms with Crippen LogP contribution >= 0.6 is 0 Å². The fourth-order valence-electron chi connectivity index (χ4n) is 2.87. The fourth-order valence-corrected chi connectivity index (χ4v) is 2.87. The number of hydrogen-bond donors (Lipinski definition) is 0. The van der Waals surface area contributed by atoms with Gasteiger partial charge in [-0.25, -0.2) is 0 Å². The molecule has 1 aromatic carbocycles. The Labute approximate surface area is 133 Å². The molecule has 7 heteroatoms. The number of amides is 1. The molecule has 3 rings (SSSR count). The molecular weight excluding hydrogens is 300 g/mol. The van der Waals surface area contributed by atoms with Crippen LogP contribution in [0.15, 0.2) is 30.3 Å². The van der Waals surface area contributed by atoms with E-state index < -0.39 is 10.7 Å². The molecule has 2 aliphatic rings. The minimum atomic E-state index is -0.499. The van der Waals surface area contributed by atoms with Gasteiger partial charge in [-0.2, -0.15) is 0 Å². The molecule has 0 atom stereocenters. The van der Waals surface area contributed by atoms with Gasteiger partial charge in [0.15, 0.2) is 5.79 Å². The van der Waals surface area contributed by atoms with Crippen molar-refractivity contribution in [2.24, 2.45) is 0 Å². The highest BCUT2D eigenvalue weighted by Crippen LogP contribution is 2.31. The zero-order valence-electron chi connectivity index (χ0n) is 12.6. The van der Waals surface area contributed by atoms with Gasteiger partial charge in [-0.05, 0) is 11.6 Å². The normalized spacial score (nSPS) is 20.3. The van der Waals surface area contributed by atoms with Crippen molar-refractivity contribution in [3.8, 4) is 0 Å². The maximum absolute atomic E-state index is 12.2. The predicted molar refractivity (Wildman–Crippen MR) is 82.6 cm³/mol. The first-order chi connectivity index (χ1) is 11.1. The highest BCUT2D eigenvalue weighted by molar-refractivity contribution is 5.91. The minimum Gasteiger partial charge on any atom is -0.347 e. The predicted octanol–water partition coefficient (Wildman–Crippen LogP) is 1.97. The molecule has 1 aromatic rings. The van der Waals surface area contributed by atoms with Crippen molar-refractivity contribution >= 4 is 17.7 Å². The van der Waals surface area contributed by atoms with Crippen LogP contribution in [0, 0.1) is 10.1 Å². The molecule has 0 aromatic heterocycles. The number of benzene rings is 1. The minimum absolute atomic E-state index is 0.00930. The van der Waals surface area contributed by atoms with Gasteiger partial charge < -0.3 is 14.4 Å². The van der Waals surface area contributed by atoms with E-state index >= 15 is 0 Å². The first-order valence-corrected chi connectivity index (χ1v) is 7.57. The number of rotatable bonds is 3. The van der Waals surface area contributed by atoms with Gasteiger partial charge in [-0.15, -0.1) is 0 Å². The van der Waals surface area contributed by atoms with Gasteiger partial charge in [0, 0.05) is 44.1 Å². The number of carbonyl (C=O) groups is 1. The molecule has 122 valence electrons. The topological polar surface area (TPSA) is 81.9 Å². The second-order valence-electron chi connectivity index (χ2n) is 5.62. The number of piperidine rings is 1. The van der Waals surface area contributed by atoms with Gasteiger partial charge in [0.05, 0.1) is 18.1 Å². The summed E-state index contributed by atoms with van der Waals surface area (Å²) in [5.74, 6) is -0.607. The Morgan fingerprint density at radius 3 is 2.61 bits per heavy atom. The molecule has 23 heavy (non-hydrogen) atoms. The fraction of sp³-hybridized carbons (Fsp3) is 0.438. The monoisotopic (exact) mass is 318 g/mol. The zero-order valence-corrected chi connectivity index (χ0v) is 12.6. The third kappa shape index (κ3) is 3.57. The lowest BCUT2D eigenvalue weighted by Crippen LogP contribution is -2.46. The summed E-state index contributed by atoms with van der Waals surface area (Å²) in [6.45, 7) is 2.39. The second kappa shape index (κ2) is 6.47. The molecule has 0 saturated carbocycles. The Morgan fingerprint density at radius 1 is 1.26 bits per heavy atom. The number of nitro benzene ring substituents is 1. The van der Waals surface area contributed by atoms with Crippen molar-refractivity contribution < 1.29 is 19.2 Å². The molecule has 1 amide bonds. The summed E-state index contributed by atoms with van der Waals surface area (Å²) >= 11 is 0. The van der Waals surface area contributed by atoms with Crippen LogP contribution < -0.4 is 0 Å². The van der Waals surface area contributed by atoms with Crippen molar-refractivity contribution in [1.82, 2.24) is 4.90 Å². The van der Waals surface area contributed by atoms with Crippen molar-refractivity contribution in [1.29, 1.82) is 0 Å². The Balaban J connectivity index is 1.59. The lowest BCUT2D eigenvalue weighted by Gasteiger charge is -2.37. The molecule has 2 aliphatic heterocycles. The number of carbonyl (C=O) groups excluding carboxylic acids is 1. The Bertz CT molecular complexity index is 627. The number of non-ortho nitro benzene ring substituents is 1. The number of likely N-dealkylation sites (tertiary alicyclic amines) is 1. The number of nitro groups is 1. The zero-order chi connectivity index (χ0) is 16.3. The van der Waals surface area contributed by atoms with E-state index in [2.05, 4.69) is 0 Å². The lowest BCUT2D eigenvalue weighted by molar-refractivity contribution is -0.384. The molecule has 2 fully saturated rings. The summed E-state index contributed by atoms with van der Waals surface area (Å²) < 4.78 is 11.3. The smallest absolute Gasteiger partial charge is 0.270 e. The van der Waals surface area contributed by atoms with Crippen molar-refractivity contribution in [3.05, 3.63) is 46.0 Å². The quantitative estimate of drug-likeness (QED) is 0.483. The maximum atomic E-state index is 12.2. The molecule has 2 saturated heterocycles. The van der Waals surface area contributed by atoms with Crippen molar-refractivity contribution in [2.75, 3.05) is 26.3 Å². The Kier molecular flexibility index (Phi) is 4.40. The Hall–Kier alpha value is -2.25. The molecule has 0 unspecified atom stereocenters. The van der Waals surface area contributed by atoms with E-state index in [1.54, 1.807) is 23.1 Å². The molecule has 1 spiro atoms. The van der Waals surface area contributed by atoms with E-state index in [0.717, 1.165) is 0 Å². The molecule has 0 radical (unpaired) electrons. The highest BCUT2D eigenvalue weighted by atomic mass is 16.7. The molecule has 2 heterocycles. The van der Waals surface area contributed by atoms with E-state index in [4.69, 9.17) is 9.47 Å². The largest absolute Gasteiger partial charge is 0.347 e. The lowest BCUT2D eigenvalue weighted by atomic mass is 10.0. The van der Waals surface area contributed by atoms with Gasteiger partial charge in [0.2, 0.25) is 5.91 Å². The summed E-state index contributed by atoms with van der Waals surface area (Å²) in [6, 6.07) is 6.18. The molecule has 0 aliphatic carbocycles. The summed E-state index contributed by atoms with van der Waals surface area (Å²) in [6.07, 6.45) is 4.39. The van der Waals surface area contributed by atoms with Crippen LogP contribution in [0.25, 0.3) is 6.08 Å². The summed E-state index contributed by atoms with van der Waals surface area (Å²) in [5, 5.41) is 10.7. The van der Waals surface area contributed by atoms with Crippen LogP contribution in [-0.4, -0.2) is 47.8 Å². The van der Waals surface area contributed by atoms with Crippen LogP contribution in [0.2, 0.25) is 0 Å². The number of hydrogen-bond acceptors (Lipinski definition) is 5. The standard InChI is InChI=1S/C16H18N2O5/c19-15(5-4-13-2-1-3-14(12-13)18(20)21)17-8-6-16(7-9-17)22-10-11-23-16/h1-5,12H,6-11H2. The van der Waals surface area contributed by atoms with Gasteiger partial charge in [-0.3, -0.25) is 14.9 Å². The van der Waals surface area contributed by atoms with E-state index in [9.17, 15) is 14.9 Å². The van der Waals surface area contributed by atoms with E-state index in [-0.39, 0.29) is 11.6 Å². The number of ether oxygens (including phenoxy) is 2. The van der Waals surface area contributed by atoms with Gasteiger partial charge >= 0.3 is 0 Å². The molecule has 0 bridgehead atoms. The van der Waals surface area contributed by atoms with Crippen LogP contribution in [0.1, 0.15) is 18.4 Å². The second-order valence-corrected chi connectivity index (χ2v) is 5.62. The van der Waals surface area contributed by atoms with Gasteiger partial charge in [0.25, 0.3) is 5.69 Å². The summed E-state index contributed by atoms with van der Waals surface area (Å²) in [5.41, 5.74) is 0.638. The van der Waals surface area contributed by atoms with Gasteiger partial charge in [-0.1, -0.05) is 12.1 Å². The van der Waals surface area contributed by atoms with E-state index in [0.29, 0.717) is 44.7 Å².